The highest BCUT2D eigenvalue weighted by molar-refractivity contribution is 6.35. The molecule has 0 aliphatic rings. The van der Waals surface area contributed by atoms with Gasteiger partial charge in [0.25, 0.3) is 0 Å². The van der Waals surface area contributed by atoms with E-state index in [0.717, 1.165) is 18.7 Å². The Morgan fingerprint density at radius 2 is 2.00 bits per heavy atom. The van der Waals surface area contributed by atoms with Gasteiger partial charge in [0, 0.05) is 35.5 Å². The van der Waals surface area contributed by atoms with Crippen molar-refractivity contribution in [3.63, 3.8) is 0 Å². The molecule has 0 fully saturated rings. The zero-order valence-electron chi connectivity index (χ0n) is 8.63. The van der Waals surface area contributed by atoms with Crippen LogP contribution in [0.5, 0.6) is 0 Å². The third kappa shape index (κ3) is 3.01. The van der Waals surface area contributed by atoms with Gasteiger partial charge in [0.1, 0.15) is 0 Å². The fourth-order valence-electron chi connectivity index (χ4n) is 1.47. The van der Waals surface area contributed by atoms with Crippen molar-refractivity contribution in [1.29, 1.82) is 0 Å². The maximum absolute atomic E-state index is 6.06. The average molecular weight is 255 g/mol. The van der Waals surface area contributed by atoms with E-state index < -0.39 is 0 Å². The lowest BCUT2D eigenvalue weighted by Gasteiger charge is -2.06. The number of H-pyrrole nitrogens is 1. The monoisotopic (exact) mass is 254 g/mol. The Hall–Kier alpha value is -0.960. The third-order valence-corrected chi connectivity index (χ3v) is 2.91. The summed E-state index contributed by atoms with van der Waals surface area (Å²) >= 11 is 11.9. The normalized spacial score (nSPS) is 10.6. The van der Waals surface area contributed by atoms with Gasteiger partial charge in [-0.05, 0) is 29.3 Å². The Balaban J connectivity index is 1.90. The van der Waals surface area contributed by atoms with Crippen LogP contribution in [0.25, 0.3) is 0 Å². The summed E-state index contributed by atoms with van der Waals surface area (Å²) in [6.45, 7) is 1.56. The summed E-state index contributed by atoms with van der Waals surface area (Å²) < 4.78 is 0. The Labute approximate surface area is 105 Å². The van der Waals surface area contributed by atoms with Gasteiger partial charge in [-0.2, -0.15) is 0 Å². The number of aromatic nitrogens is 1. The first-order valence-electron chi connectivity index (χ1n) is 5.02. The molecule has 84 valence electrons. The summed E-state index contributed by atoms with van der Waals surface area (Å²) in [6.07, 6.45) is 3.88. The first-order valence-corrected chi connectivity index (χ1v) is 5.77. The van der Waals surface area contributed by atoms with Crippen LogP contribution in [0.2, 0.25) is 10.0 Å². The van der Waals surface area contributed by atoms with Crippen molar-refractivity contribution >= 4 is 23.2 Å². The summed E-state index contributed by atoms with van der Waals surface area (Å²) in [5.74, 6) is 0. The van der Waals surface area contributed by atoms with Crippen molar-refractivity contribution in [1.82, 2.24) is 10.3 Å². The molecular weight excluding hydrogens is 243 g/mol. The number of benzene rings is 1. The minimum atomic E-state index is 0.666. The highest BCUT2D eigenvalue weighted by Crippen LogP contribution is 2.20. The lowest BCUT2D eigenvalue weighted by molar-refractivity contribution is 0.694. The molecule has 0 saturated carbocycles. The van der Waals surface area contributed by atoms with Crippen LogP contribution in [-0.4, -0.2) is 4.98 Å². The fourth-order valence-corrected chi connectivity index (χ4v) is 1.95. The number of nitrogens with one attached hydrogen (secondary N) is 2. The maximum atomic E-state index is 6.06. The number of hydrogen-bond acceptors (Lipinski definition) is 1. The standard InChI is InChI=1S/C12H12Cl2N2/c13-11-2-1-10(12(14)5-11)8-16-7-9-3-4-15-6-9/h1-6,15-16H,7-8H2. The molecule has 0 bridgehead atoms. The Kier molecular flexibility index (Phi) is 3.88. The molecular formula is C12H12Cl2N2. The Morgan fingerprint density at radius 3 is 2.69 bits per heavy atom. The number of halogens is 2. The SMILES string of the molecule is Clc1ccc(CNCc2cc[nH]c2)c(Cl)c1. The number of hydrogen-bond donors (Lipinski definition) is 2. The van der Waals surface area contributed by atoms with Crippen LogP contribution < -0.4 is 5.32 Å². The molecule has 0 radical (unpaired) electrons. The highest BCUT2D eigenvalue weighted by atomic mass is 35.5. The second-order valence-electron chi connectivity index (χ2n) is 3.56. The largest absolute Gasteiger partial charge is 0.367 e. The van der Waals surface area contributed by atoms with E-state index in [1.165, 1.54) is 5.56 Å². The molecule has 1 heterocycles. The third-order valence-electron chi connectivity index (χ3n) is 2.32. The molecule has 16 heavy (non-hydrogen) atoms. The number of rotatable bonds is 4. The molecule has 0 unspecified atom stereocenters. The minimum absolute atomic E-state index is 0.666. The zero-order valence-corrected chi connectivity index (χ0v) is 10.1. The molecule has 2 N–H and O–H groups in total. The van der Waals surface area contributed by atoms with Gasteiger partial charge in [-0.3, -0.25) is 0 Å². The van der Waals surface area contributed by atoms with Gasteiger partial charge in [0.15, 0.2) is 0 Å². The molecule has 1 aromatic carbocycles. The van der Waals surface area contributed by atoms with Gasteiger partial charge in [0.05, 0.1) is 0 Å². The molecule has 4 heteroatoms. The first-order chi connectivity index (χ1) is 7.75. The average Bonchev–Trinajstić information content (AvgIpc) is 2.74. The quantitative estimate of drug-likeness (QED) is 0.858. The fraction of sp³-hybridized carbons (Fsp3) is 0.167. The van der Waals surface area contributed by atoms with Crippen molar-refractivity contribution in [2.45, 2.75) is 13.1 Å². The molecule has 0 aliphatic heterocycles. The van der Waals surface area contributed by atoms with E-state index in [9.17, 15) is 0 Å². The van der Waals surface area contributed by atoms with E-state index in [1.807, 2.05) is 30.6 Å². The van der Waals surface area contributed by atoms with E-state index in [-0.39, 0.29) is 0 Å². The molecule has 2 rings (SSSR count). The van der Waals surface area contributed by atoms with Crippen LogP contribution >= 0.6 is 23.2 Å². The molecule has 0 atom stereocenters. The van der Waals surface area contributed by atoms with Crippen molar-refractivity contribution in [2.75, 3.05) is 0 Å². The van der Waals surface area contributed by atoms with Gasteiger partial charge in [-0.1, -0.05) is 29.3 Å². The molecule has 1 aromatic heterocycles. The van der Waals surface area contributed by atoms with Gasteiger partial charge in [-0.15, -0.1) is 0 Å². The summed E-state index contributed by atoms with van der Waals surface area (Å²) in [4.78, 5) is 3.01. The van der Waals surface area contributed by atoms with Gasteiger partial charge >= 0.3 is 0 Å². The lowest BCUT2D eigenvalue weighted by Crippen LogP contribution is -2.12. The second kappa shape index (κ2) is 5.39. The summed E-state index contributed by atoms with van der Waals surface area (Å²) in [7, 11) is 0. The Bertz CT molecular complexity index is 452. The number of aromatic amines is 1. The second-order valence-corrected chi connectivity index (χ2v) is 4.40. The lowest BCUT2D eigenvalue weighted by atomic mass is 10.2. The predicted octanol–water partition coefficient (Wildman–Crippen LogP) is 3.61. The molecule has 2 nitrogen and oxygen atoms in total. The first kappa shape index (κ1) is 11.5. The van der Waals surface area contributed by atoms with Gasteiger partial charge in [-0.25, -0.2) is 0 Å². The zero-order chi connectivity index (χ0) is 11.4. The molecule has 0 aliphatic carbocycles. The van der Waals surface area contributed by atoms with Crippen LogP contribution in [0.1, 0.15) is 11.1 Å². The van der Waals surface area contributed by atoms with Crippen LogP contribution in [-0.2, 0) is 13.1 Å². The van der Waals surface area contributed by atoms with E-state index in [4.69, 9.17) is 23.2 Å². The molecule has 2 aromatic rings. The van der Waals surface area contributed by atoms with E-state index in [1.54, 1.807) is 6.07 Å². The van der Waals surface area contributed by atoms with E-state index >= 15 is 0 Å². The van der Waals surface area contributed by atoms with Gasteiger partial charge < -0.3 is 10.3 Å². The van der Waals surface area contributed by atoms with E-state index in [2.05, 4.69) is 10.3 Å². The smallest absolute Gasteiger partial charge is 0.0465 e. The highest BCUT2D eigenvalue weighted by Gasteiger charge is 2.00. The topological polar surface area (TPSA) is 27.8 Å². The maximum Gasteiger partial charge on any atom is 0.0465 e. The molecule has 0 spiro atoms. The molecule has 0 saturated heterocycles. The van der Waals surface area contributed by atoms with Crippen molar-refractivity contribution in [3.8, 4) is 0 Å². The summed E-state index contributed by atoms with van der Waals surface area (Å²) in [5.41, 5.74) is 2.28. The van der Waals surface area contributed by atoms with Crippen LogP contribution in [0.4, 0.5) is 0 Å². The summed E-state index contributed by atoms with van der Waals surface area (Å²) in [5, 5.41) is 4.69. The minimum Gasteiger partial charge on any atom is -0.367 e. The van der Waals surface area contributed by atoms with Crippen LogP contribution in [0.15, 0.2) is 36.7 Å². The van der Waals surface area contributed by atoms with Crippen molar-refractivity contribution in [2.24, 2.45) is 0 Å². The Morgan fingerprint density at radius 1 is 1.12 bits per heavy atom. The van der Waals surface area contributed by atoms with Crippen molar-refractivity contribution < 1.29 is 0 Å². The van der Waals surface area contributed by atoms with Crippen LogP contribution in [0.3, 0.4) is 0 Å². The summed E-state index contributed by atoms with van der Waals surface area (Å²) in [6, 6.07) is 7.59. The van der Waals surface area contributed by atoms with E-state index in [0.29, 0.717) is 10.0 Å². The van der Waals surface area contributed by atoms with Gasteiger partial charge in [0.2, 0.25) is 0 Å². The van der Waals surface area contributed by atoms with Crippen LogP contribution in [0, 0.1) is 0 Å². The molecule has 0 amide bonds. The predicted molar refractivity (Wildman–Crippen MR) is 67.8 cm³/mol. The van der Waals surface area contributed by atoms with Crippen molar-refractivity contribution in [3.05, 3.63) is 57.8 Å².